The summed E-state index contributed by atoms with van der Waals surface area (Å²) in [5, 5.41) is 29.7. The lowest BCUT2D eigenvalue weighted by Crippen LogP contribution is -2.37. The molecule has 3 aliphatic rings. The molecule has 3 saturated carbocycles. The molecule has 6 nitrogen and oxygen atoms in total. The van der Waals surface area contributed by atoms with Crippen molar-refractivity contribution in [2.24, 2.45) is 17.8 Å². The number of ether oxygens (including phenoxy) is 1. The number of anilines is 1. The number of pyridine rings is 1. The summed E-state index contributed by atoms with van der Waals surface area (Å²) in [4.78, 5) is 4.42. The van der Waals surface area contributed by atoms with Gasteiger partial charge in [0.05, 0.1) is 11.7 Å². The first-order chi connectivity index (χ1) is 15.1. The summed E-state index contributed by atoms with van der Waals surface area (Å²) in [5.74, 6) is 4.30. The van der Waals surface area contributed by atoms with Crippen molar-refractivity contribution in [2.45, 2.75) is 49.3 Å². The largest absolute Gasteiger partial charge is 0.490 e. The highest BCUT2D eigenvalue weighted by Crippen LogP contribution is 2.55. The first-order valence-electron chi connectivity index (χ1n) is 10.8. The summed E-state index contributed by atoms with van der Waals surface area (Å²) >= 11 is 1.58. The summed E-state index contributed by atoms with van der Waals surface area (Å²) in [6.45, 7) is 0. The highest BCUT2D eigenvalue weighted by Gasteiger charge is 2.45. The second-order valence-electron chi connectivity index (χ2n) is 8.94. The van der Waals surface area contributed by atoms with E-state index in [-0.39, 0.29) is 23.6 Å². The zero-order valence-corrected chi connectivity index (χ0v) is 17.9. The van der Waals surface area contributed by atoms with Crippen molar-refractivity contribution >= 4 is 17.6 Å². The number of nitrogens with zero attached hydrogens (tertiary/aromatic N) is 3. The summed E-state index contributed by atoms with van der Waals surface area (Å²) in [5.41, 5.74) is 8.07. The predicted octanol–water partition coefficient (Wildman–Crippen LogP) is 4.11. The third-order valence-electron chi connectivity index (χ3n) is 6.73. The van der Waals surface area contributed by atoms with Crippen LogP contribution in [0.25, 0.3) is 11.1 Å². The number of benzene rings is 1. The molecular weight excluding hydrogens is 408 g/mol. The predicted molar refractivity (Wildman–Crippen MR) is 118 cm³/mol. The van der Waals surface area contributed by atoms with Crippen LogP contribution in [0.1, 0.15) is 43.2 Å². The van der Waals surface area contributed by atoms with E-state index in [1.54, 1.807) is 11.8 Å². The number of aromatic nitrogens is 1. The number of hydrogen-bond donors (Lipinski definition) is 2. The van der Waals surface area contributed by atoms with Gasteiger partial charge >= 0.3 is 0 Å². The van der Waals surface area contributed by atoms with Gasteiger partial charge in [-0.3, -0.25) is 0 Å². The Bertz CT molecular complexity index is 1070. The van der Waals surface area contributed by atoms with Crippen molar-refractivity contribution in [3.63, 3.8) is 0 Å². The number of aliphatic hydroxyl groups excluding tert-OH is 1. The molecule has 0 aliphatic heterocycles. The van der Waals surface area contributed by atoms with E-state index in [1.165, 1.54) is 19.3 Å². The molecule has 1 aromatic heterocycles. The van der Waals surface area contributed by atoms with Crippen molar-refractivity contribution < 1.29 is 9.84 Å². The maximum atomic E-state index is 9.95. The topological polar surface area (TPSA) is 116 Å². The van der Waals surface area contributed by atoms with Gasteiger partial charge in [-0.25, -0.2) is 4.98 Å². The fraction of sp³-hybridized carbons (Fsp3) is 0.458. The summed E-state index contributed by atoms with van der Waals surface area (Å²) < 4.78 is 5.85. The molecule has 3 fully saturated rings. The number of rotatable bonds is 6. The van der Waals surface area contributed by atoms with Gasteiger partial charge in [0.15, 0.2) is 0 Å². The summed E-state index contributed by atoms with van der Waals surface area (Å²) in [6.07, 6.45) is 4.98. The van der Waals surface area contributed by atoms with Crippen LogP contribution in [0, 0.1) is 40.4 Å². The van der Waals surface area contributed by atoms with Gasteiger partial charge in [-0.2, -0.15) is 10.5 Å². The molecule has 2 atom stereocenters. The van der Waals surface area contributed by atoms with E-state index in [4.69, 9.17) is 10.5 Å². The fourth-order valence-electron chi connectivity index (χ4n) is 4.89. The van der Waals surface area contributed by atoms with Crippen LogP contribution in [-0.4, -0.2) is 28.1 Å². The van der Waals surface area contributed by atoms with Gasteiger partial charge in [0.1, 0.15) is 40.4 Å². The van der Waals surface area contributed by atoms with E-state index in [9.17, 15) is 15.6 Å². The molecule has 2 aromatic rings. The molecule has 0 bridgehead atoms. The van der Waals surface area contributed by atoms with Crippen LogP contribution >= 0.6 is 11.8 Å². The SMILES string of the molecule is N#Cc1c(N)nc(SCC2CC3CC3C2)c(C#N)c1-c1ccc(OC2CC(O)C2)cc1. The van der Waals surface area contributed by atoms with Gasteiger partial charge < -0.3 is 15.6 Å². The van der Waals surface area contributed by atoms with Gasteiger partial charge in [0.2, 0.25) is 0 Å². The van der Waals surface area contributed by atoms with Gasteiger partial charge in [-0.15, -0.1) is 11.8 Å². The first-order valence-corrected chi connectivity index (χ1v) is 11.8. The Labute approximate surface area is 186 Å². The Morgan fingerprint density at radius 3 is 2.32 bits per heavy atom. The van der Waals surface area contributed by atoms with E-state index >= 15 is 0 Å². The lowest BCUT2D eigenvalue weighted by Gasteiger charge is -2.31. The van der Waals surface area contributed by atoms with Crippen LogP contribution in [0.2, 0.25) is 0 Å². The van der Waals surface area contributed by atoms with Gasteiger partial charge in [0, 0.05) is 24.2 Å². The lowest BCUT2D eigenvalue weighted by atomic mass is 9.92. The number of nitrogens with two attached hydrogens (primary N) is 1. The molecule has 158 valence electrons. The van der Waals surface area contributed by atoms with Crippen LogP contribution in [0.15, 0.2) is 29.3 Å². The minimum absolute atomic E-state index is 0.0337. The van der Waals surface area contributed by atoms with E-state index in [1.807, 2.05) is 24.3 Å². The van der Waals surface area contributed by atoms with Crippen molar-refractivity contribution in [2.75, 3.05) is 11.5 Å². The number of fused-ring (bicyclic) bond motifs is 1. The third kappa shape index (κ3) is 3.96. The van der Waals surface area contributed by atoms with Crippen LogP contribution in [0.3, 0.4) is 0 Å². The van der Waals surface area contributed by atoms with E-state index in [0.29, 0.717) is 40.7 Å². The molecule has 7 heteroatoms. The number of nitrogen functional groups attached to an aromatic ring is 1. The molecule has 0 radical (unpaired) electrons. The first kappa shape index (κ1) is 20.2. The Kier molecular flexibility index (Phi) is 5.25. The zero-order valence-electron chi connectivity index (χ0n) is 17.1. The maximum absolute atomic E-state index is 9.95. The van der Waals surface area contributed by atoms with Crippen molar-refractivity contribution in [3.8, 4) is 29.0 Å². The smallest absolute Gasteiger partial charge is 0.143 e. The average molecular weight is 433 g/mol. The molecule has 0 spiro atoms. The van der Waals surface area contributed by atoms with E-state index in [0.717, 1.165) is 23.2 Å². The monoisotopic (exact) mass is 432 g/mol. The summed E-state index contributed by atoms with van der Waals surface area (Å²) in [7, 11) is 0. The zero-order chi connectivity index (χ0) is 21.5. The minimum Gasteiger partial charge on any atom is -0.490 e. The maximum Gasteiger partial charge on any atom is 0.143 e. The highest BCUT2D eigenvalue weighted by molar-refractivity contribution is 7.99. The van der Waals surface area contributed by atoms with Crippen molar-refractivity contribution in [1.82, 2.24) is 4.98 Å². The number of hydrogen-bond acceptors (Lipinski definition) is 7. The fourth-order valence-corrected chi connectivity index (χ4v) is 6.01. The quantitative estimate of drug-likeness (QED) is 0.660. The van der Waals surface area contributed by atoms with Crippen LogP contribution in [0.4, 0.5) is 5.82 Å². The van der Waals surface area contributed by atoms with E-state index < -0.39 is 0 Å². The van der Waals surface area contributed by atoms with Crippen molar-refractivity contribution in [3.05, 3.63) is 35.4 Å². The number of thioether (sulfide) groups is 1. The average Bonchev–Trinajstić information content (AvgIpc) is 3.36. The van der Waals surface area contributed by atoms with Crippen LogP contribution in [-0.2, 0) is 0 Å². The molecule has 2 unspecified atom stereocenters. The Balaban J connectivity index is 1.41. The van der Waals surface area contributed by atoms with Crippen molar-refractivity contribution in [1.29, 1.82) is 10.5 Å². The Morgan fingerprint density at radius 1 is 1.03 bits per heavy atom. The second kappa shape index (κ2) is 8.07. The molecule has 0 amide bonds. The van der Waals surface area contributed by atoms with Gasteiger partial charge in [-0.05, 0) is 54.7 Å². The number of aliphatic hydroxyl groups is 1. The third-order valence-corrected chi connectivity index (χ3v) is 7.94. The molecule has 31 heavy (non-hydrogen) atoms. The second-order valence-corrected chi connectivity index (χ2v) is 9.95. The Hall–Kier alpha value is -2.74. The normalized spacial score (nSPS) is 28.2. The molecule has 3 aliphatic carbocycles. The number of nitriles is 2. The standard InChI is InChI=1S/C24H24N4O2S/c25-10-20-22(14-1-3-18(4-2-14)30-19-8-17(29)9-19)21(11-26)24(28-23(20)27)31-12-13-5-15-7-16(15)6-13/h1-4,13,15-17,19,29H,5-9,12H2,(H2,27,28). The Morgan fingerprint density at radius 2 is 1.71 bits per heavy atom. The molecular formula is C24H24N4O2S. The van der Waals surface area contributed by atoms with Gasteiger partial charge in [-0.1, -0.05) is 12.1 Å². The summed E-state index contributed by atoms with van der Waals surface area (Å²) in [6, 6.07) is 11.8. The van der Waals surface area contributed by atoms with E-state index in [2.05, 4.69) is 17.1 Å². The molecule has 5 rings (SSSR count). The lowest BCUT2D eigenvalue weighted by molar-refractivity contribution is -0.0107. The van der Waals surface area contributed by atoms with Gasteiger partial charge in [0.25, 0.3) is 0 Å². The molecule has 3 N–H and O–H groups in total. The molecule has 1 heterocycles. The minimum atomic E-state index is -0.272. The van der Waals surface area contributed by atoms with Crippen LogP contribution < -0.4 is 10.5 Å². The van der Waals surface area contributed by atoms with Crippen LogP contribution in [0.5, 0.6) is 5.75 Å². The highest BCUT2D eigenvalue weighted by atomic mass is 32.2. The molecule has 1 aromatic carbocycles. The molecule has 0 saturated heterocycles.